The van der Waals surface area contributed by atoms with E-state index in [1.165, 1.54) is 18.2 Å². The number of carbonyl (C=O) groups excluding carboxylic acids is 1. The highest BCUT2D eigenvalue weighted by atomic mass is 19.1. The molecule has 1 unspecified atom stereocenters. The molecule has 0 bridgehead atoms. The number of hydrogen-bond donors (Lipinski definition) is 2. The van der Waals surface area contributed by atoms with E-state index in [2.05, 4.69) is 17.2 Å². The first-order valence-corrected chi connectivity index (χ1v) is 6.36. The normalized spacial score (nSPS) is 11.4. The van der Waals surface area contributed by atoms with Crippen LogP contribution < -0.4 is 5.32 Å². The van der Waals surface area contributed by atoms with Crippen molar-refractivity contribution in [2.45, 2.75) is 19.9 Å². The van der Waals surface area contributed by atoms with Gasteiger partial charge in [0.25, 0.3) is 5.91 Å². The number of hydrogen-bond acceptors (Lipinski definition) is 3. The van der Waals surface area contributed by atoms with E-state index in [4.69, 9.17) is 9.84 Å². The molecule has 1 atom stereocenters. The second-order valence-electron chi connectivity index (χ2n) is 4.19. The summed E-state index contributed by atoms with van der Waals surface area (Å²) in [6.07, 6.45) is 0. The SMILES string of the molecule is CCOCC(C)NC(=O)c1cc(C#CCO)ccc1F. The molecule has 4 nitrogen and oxygen atoms in total. The minimum atomic E-state index is -0.611. The Bertz CT molecular complexity index is 520. The summed E-state index contributed by atoms with van der Waals surface area (Å²) >= 11 is 0. The first-order valence-electron chi connectivity index (χ1n) is 6.36. The lowest BCUT2D eigenvalue weighted by Crippen LogP contribution is -2.36. The number of carbonyl (C=O) groups is 1. The molecule has 1 amide bonds. The van der Waals surface area contributed by atoms with E-state index in [1.807, 2.05) is 6.92 Å². The lowest BCUT2D eigenvalue weighted by atomic mass is 10.1. The minimum Gasteiger partial charge on any atom is -0.384 e. The van der Waals surface area contributed by atoms with Crippen molar-refractivity contribution >= 4 is 5.91 Å². The van der Waals surface area contributed by atoms with Crippen molar-refractivity contribution in [1.82, 2.24) is 5.32 Å². The van der Waals surface area contributed by atoms with Crippen molar-refractivity contribution < 1.29 is 19.0 Å². The van der Waals surface area contributed by atoms with Crippen LogP contribution in [0.15, 0.2) is 18.2 Å². The Labute approximate surface area is 117 Å². The molecular formula is C15H18FNO3. The summed E-state index contributed by atoms with van der Waals surface area (Å²) in [5, 5.41) is 11.3. The Hall–Kier alpha value is -1.90. The summed E-state index contributed by atoms with van der Waals surface area (Å²) in [5.41, 5.74) is 0.404. The first-order chi connectivity index (χ1) is 9.58. The average molecular weight is 279 g/mol. The van der Waals surface area contributed by atoms with Gasteiger partial charge in [-0.3, -0.25) is 4.79 Å². The fourth-order valence-electron chi connectivity index (χ4n) is 1.56. The summed E-state index contributed by atoms with van der Waals surface area (Å²) in [7, 11) is 0. The van der Waals surface area contributed by atoms with Gasteiger partial charge in [-0.25, -0.2) is 4.39 Å². The predicted molar refractivity (Wildman–Crippen MR) is 73.8 cm³/mol. The summed E-state index contributed by atoms with van der Waals surface area (Å²) in [6.45, 7) is 4.28. The number of nitrogens with one attached hydrogen (secondary N) is 1. The summed E-state index contributed by atoms with van der Waals surface area (Å²) in [5.74, 6) is 3.96. The van der Waals surface area contributed by atoms with Gasteiger partial charge in [0.2, 0.25) is 0 Å². The van der Waals surface area contributed by atoms with Crippen LogP contribution in [0.5, 0.6) is 0 Å². The van der Waals surface area contributed by atoms with Crippen LogP contribution in [-0.2, 0) is 4.74 Å². The molecule has 0 aliphatic heterocycles. The smallest absolute Gasteiger partial charge is 0.254 e. The van der Waals surface area contributed by atoms with Crippen LogP contribution in [0, 0.1) is 17.7 Å². The van der Waals surface area contributed by atoms with Gasteiger partial charge in [-0.2, -0.15) is 0 Å². The molecule has 108 valence electrons. The fraction of sp³-hybridized carbons (Fsp3) is 0.400. The largest absolute Gasteiger partial charge is 0.384 e. The summed E-state index contributed by atoms with van der Waals surface area (Å²) in [6, 6.07) is 3.79. The lowest BCUT2D eigenvalue weighted by Gasteiger charge is -2.14. The van der Waals surface area contributed by atoms with Gasteiger partial charge in [-0.1, -0.05) is 11.8 Å². The van der Waals surface area contributed by atoms with Crippen molar-refractivity contribution in [1.29, 1.82) is 0 Å². The molecule has 20 heavy (non-hydrogen) atoms. The number of aliphatic hydroxyl groups is 1. The Morgan fingerprint density at radius 2 is 2.30 bits per heavy atom. The van der Waals surface area contributed by atoms with Gasteiger partial charge in [0, 0.05) is 18.2 Å². The molecular weight excluding hydrogens is 261 g/mol. The lowest BCUT2D eigenvalue weighted by molar-refractivity contribution is 0.0868. The van der Waals surface area contributed by atoms with E-state index in [9.17, 15) is 9.18 Å². The summed E-state index contributed by atoms with van der Waals surface area (Å²) in [4.78, 5) is 12.0. The maximum absolute atomic E-state index is 13.7. The zero-order valence-corrected chi connectivity index (χ0v) is 11.6. The highest BCUT2D eigenvalue weighted by Crippen LogP contribution is 2.10. The number of benzene rings is 1. The second kappa shape index (κ2) is 8.31. The van der Waals surface area contributed by atoms with Crippen LogP contribution in [0.2, 0.25) is 0 Å². The highest BCUT2D eigenvalue weighted by Gasteiger charge is 2.14. The molecule has 0 aliphatic rings. The van der Waals surface area contributed by atoms with Crippen molar-refractivity contribution in [2.75, 3.05) is 19.8 Å². The zero-order valence-electron chi connectivity index (χ0n) is 11.6. The van der Waals surface area contributed by atoms with E-state index in [1.54, 1.807) is 6.92 Å². The zero-order chi connectivity index (χ0) is 15.0. The second-order valence-corrected chi connectivity index (χ2v) is 4.19. The van der Waals surface area contributed by atoms with Gasteiger partial charge in [-0.05, 0) is 32.0 Å². The highest BCUT2D eigenvalue weighted by molar-refractivity contribution is 5.95. The van der Waals surface area contributed by atoms with E-state index < -0.39 is 11.7 Å². The van der Waals surface area contributed by atoms with Gasteiger partial charge in [-0.15, -0.1) is 0 Å². The molecule has 0 aromatic heterocycles. The standard InChI is InChI=1S/C15H18FNO3/c1-3-20-10-11(2)17-15(19)13-9-12(5-4-8-18)6-7-14(13)16/h6-7,9,11,18H,3,8,10H2,1-2H3,(H,17,19). The first kappa shape index (κ1) is 16.2. The van der Waals surface area contributed by atoms with E-state index in [0.29, 0.717) is 18.8 Å². The maximum Gasteiger partial charge on any atom is 0.254 e. The van der Waals surface area contributed by atoms with Crippen molar-refractivity contribution in [3.63, 3.8) is 0 Å². The van der Waals surface area contributed by atoms with Crippen LogP contribution in [0.3, 0.4) is 0 Å². The number of ether oxygens (including phenoxy) is 1. The van der Waals surface area contributed by atoms with Gasteiger partial charge in [0.15, 0.2) is 0 Å². The van der Waals surface area contributed by atoms with Crippen molar-refractivity contribution in [2.24, 2.45) is 0 Å². The molecule has 0 radical (unpaired) electrons. The molecule has 1 rings (SSSR count). The van der Waals surface area contributed by atoms with Crippen LogP contribution >= 0.6 is 0 Å². The Kier molecular flexibility index (Phi) is 6.71. The molecule has 0 spiro atoms. The minimum absolute atomic E-state index is 0.0712. The van der Waals surface area contributed by atoms with Gasteiger partial charge >= 0.3 is 0 Å². The molecule has 1 aromatic rings. The molecule has 0 aliphatic carbocycles. The third-order valence-corrected chi connectivity index (χ3v) is 2.47. The molecule has 0 heterocycles. The van der Waals surface area contributed by atoms with E-state index >= 15 is 0 Å². The van der Waals surface area contributed by atoms with Gasteiger partial charge in [0.05, 0.1) is 12.2 Å². The Morgan fingerprint density at radius 3 is 2.95 bits per heavy atom. The Morgan fingerprint density at radius 1 is 1.55 bits per heavy atom. The maximum atomic E-state index is 13.7. The molecule has 5 heteroatoms. The van der Waals surface area contributed by atoms with E-state index in [-0.39, 0.29) is 18.2 Å². The molecule has 0 fully saturated rings. The third kappa shape index (κ3) is 5.00. The monoisotopic (exact) mass is 279 g/mol. The average Bonchev–Trinajstić information content (AvgIpc) is 2.44. The van der Waals surface area contributed by atoms with Crippen molar-refractivity contribution in [3.8, 4) is 11.8 Å². The number of halogens is 1. The van der Waals surface area contributed by atoms with Crippen LogP contribution in [0.25, 0.3) is 0 Å². The fourth-order valence-corrected chi connectivity index (χ4v) is 1.56. The van der Waals surface area contributed by atoms with Gasteiger partial charge in [0.1, 0.15) is 12.4 Å². The van der Waals surface area contributed by atoms with Gasteiger partial charge < -0.3 is 15.2 Å². The third-order valence-electron chi connectivity index (χ3n) is 2.47. The number of amides is 1. The van der Waals surface area contributed by atoms with E-state index in [0.717, 1.165) is 0 Å². The van der Waals surface area contributed by atoms with Crippen LogP contribution in [0.4, 0.5) is 4.39 Å². The predicted octanol–water partition coefficient (Wildman–Crippen LogP) is 1.32. The quantitative estimate of drug-likeness (QED) is 0.799. The topological polar surface area (TPSA) is 58.6 Å². The molecule has 0 saturated carbocycles. The Balaban J connectivity index is 2.81. The number of aliphatic hydroxyl groups excluding tert-OH is 1. The molecule has 0 saturated heterocycles. The number of rotatable bonds is 5. The molecule has 2 N–H and O–H groups in total. The van der Waals surface area contributed by atoms with Crippen molar-refractivity contribution in [3.05, 3.63) is 35.1 Å². The summed E-state index contributed by atoms with van der Waals surface area (Å²) < 4.78 is 18.8. The molecule has 1 aromatic carbocycles. The van der Waals surface area contributed by atoms with Crippen LogP contribution in [-0.4, -0.2) is 36.9 Å². The van der Waals surface area contributed by atoms with Crippen LogP contribution in [0.1, 0.15) is 29.8 Å².